The first-order valence-electron chi connectivity index (χ1n) is 8.37. The highest BCUT2D eigenvalue weighted by Crippen LogP contribution is 2.36. The van der Waals surface area contributed by atoms with Crippen molar-refractivity contribution in [3.8, 4) is 0 Å². The summed E-state index contributed by atoms with van der Waals surface area (Å²) < 4.78 is 5.49. The number of carbonyl (C=O) groups is 2. The number of carbonyl (C=O) groups excluding carboxylic acids is 2. The number of anilines is 1. The van der Waals surface area contributed by atoms with Crippen LogP contribution in [0.4, 0.5) is 5.69 Å². The molecule has 1 aliphatic heterocycles. The zero-order valence-corrected chi connectivity index (χ0v) is 15.4. The number of benzene rings is 2. The third-order valence-corrected chi connectivity index (χ3v) is 4.60. The smallest absolute Gasteiger partial charge is 0.331 e. The summed E-state index contributed by atoms with van der Waals surface area (Å²) in [6.45, 7) is 4.35. The normalized spacial score (nSPS) is 19.1. The maximum Gasteiger partial charge on any atom is 0.331 e. The molecule has 0 saturated carbocycles. The summed E-state index contributed by atoms with van der Waals surface area (Å²) in [7, 11) is 0. The van der Waals surface area contributed by atoms with Crippen molar-refractivity contribution in [3.05, 3.63) is 71.3 Å². The molecule has 0 bridgehead atoms. The number of ether oxygens (including phenoxy) is 1. The molecule has 5 heteroatoms. The molecule has 1 heterocycles. The van der Waals surface area contributed by atoms with E-state index in [4.69, 9.17) is 16.3 Å². The number of esters is 1. The van der Waals surface area contributed by atoms with Gasteiger partial charge >= 0.3 is 5.97 Å². The Morgan fingerprint density at radius 2 is 1.81 bits per heavy atom. The summed E-state index contributed by atoms with van der Waals surface area (Å²) in [5.74, 6) is -0.740. The van der Waals surface area contributed by atoms with Crippen molar-refractivity contribution in [2.75, 3.05) is 11.4 Å². The quantitative estimate of drug-likeness (QED) is 0.595. The number of halogens is 1. The van der Waals surface area contributed by atoms with Gasteiger partial charge in [-0.1, -0.05) is 55.8 Å². The summed E-state index contributed by atoms with van der Waals surface area (Å²) in [6, 6.07) is 16.5. The number of hydrogen-bond acceptors (Lipinski definition) is 3. The van der Waals surface area contributed by atoms with Gasteiger partial charge in [0.15, 0.2) is 6.10 Å². The molecule has 1 fully saturated rings. The van der Waals surface area contributed by atoms with E-state index in [1.54, 1.807) is 35.2 Å². The Bertz CT molecular complexity index is 828. The van der Waals surface area contributed by atoms with Gasteiger partial charge in [0.2, 0.25) is 0 Å². The summed E-state index contributed by atoms with van der Waals surface area (Å²) in [5.41, 5.74) is 1.16. The minimum atomic E-state index is -0.815. The summed E-state index contributed by atoms with van der Waals surface area (Å²) in [5, 5.41) is 0.629. The highest BCUT2D eigenvalue weighted by atomic mass is 35.5. The Balaban J connectivity index is 1.71. The third kappa shape index (κ3) is 3.97. The lowest BCUT2D eigenvalue weighted by Crippen LogP contribution is -2.35. The van der Waals surface area contributed by atoms with Crippen molar-refractivity contribution in [2.24, 2.45) is 5.41 Å². The first-order chi connectivity index (χ1) is 12.4. The molecule has 26 heavy (non-hydrogen) atoms. The van der Waals surface area contributed by atoms with Crippen LogP contribution in [0.2, 0.25) is 5.02 Å². The molecule has 134 valence electrons. The SMILES string of the molecule is CC1(C)CN(c2ccccc2)C(=O)[C@@H]1OC(=O)/C=C/c1ccc(Cl)cc1. The lowest BCUT2D eigenvalue weighted by molar-refractivity contribution is -0.153. The van der Waals surface area contributed by atoms with Crippen molar-refractivity contribution < 1.29 is 14.3 Å². The third-order valence-electron chi connectivity index (χ3n) is 4.35. The molecule has 0 N–H and O–H groups in total. The molecule has 0 aromatic heterocycles. The molecule has 1 aliphatic rings. The molecular weight excluding hydrogens is 350 g/mol. The molecule has 0 unspecified atom stereocenters. The van der Waals surface area contributed by atoms with Gasteiger partial charge in [-0.25, -0.2) is 4.79 Å². The van der Waals surface area contributed by atoms with E-state index in [2.05, 4.69) is 0 Å². The predicted octanol–water partition coefficient (Wildman–Crippen LogP) is 4.34. The second-order valence-electron chi connectivity index (χ2n) is 6.95. The van der Waals surface area contributed by atoms with E-state index < -0.39 is 17.5 Å². The van der Waals surface area contributed by atoms with Crippen LogP contribution in [0.5, 0.6) is 0 Å². The van der Waals surface area contributed by atoms with Crippen LogP contribution >= 0.6 is 11.6 Å². The number of hydrogen-bond donors (Lipinski definition) is 0. The standard InChI is InChI=1S/C21H20ClNO3/c1-21(2)14-23(17-6-4-3-5-7-17)20(25)19(21)26-18(24)13-10-15-8-11-16(22)12-9-15/h3-13,19H,14H2,1-2H3/b13-10+/t19-/m0/s1. The zero-order chi connectivity index (χ0) is 18.7. The lowest BCUT2D eigenvalue weighted by atomic mass is 9.89. The van der Waals surface area contributed by atoms with Gasteiger partial charge in [-0.05, 0) is 35.9 Å². The fraction of sp³-hybridized carbons (Fsp3) is 0.238. The van der Waals surface area contributed by atoms with E-state index in [9.17, 15) is 9.59 Å². The van der Waals surface area contributed by atoms with Crippen LogP contribution in [-0.4, -0.2) is 24.5 Å². The van der Waals surface area contributed by atoms with Gasteiger partial charge in [-0.15, -0.1) is 0 Å². The Morgan fingerprint density at radius 1 is 1.15 bits per heavy atom. The average Bonchev–Trinajstić information content (AvgIpc) is 2.85. The van der Waals surface area contributed by atoms with E-state index in [1.807, 2.05) is 44.2 Å². The van der Waals surface area contributed by atoms with Gasteiger partial charge in [0, 0.05) is 28.7 Å². The largest absolute Gasteiger partial charge is 0.448 e. The molecule has 1 amide bonds. The fourth-order valence-corrected chi connectivity index (χ4v) is 3.10. The molecule has 2 aromatic carbocycles. The van der Waals surface area contributed by atoms with Crippen molar-refractivity contribution >= 4 is 35.2 Å². The lowest BCUT2D eigenvalue weighted by Gasteiger charge is -2.22. The highest BCUT2D eigenvalue weighted by molar-refractivity contribution is 6.30. The average molecular weight is 370 g/mol. The van der Waals surface area contributed by atoms with Gasteiger partial charge in [-0.3, -0.25) is 4.79 Å². The maximum absolute atomic E-state index is 12.8. The van der Waals surface area contributed by atoms with Gasteiger partial charge in [0.25, 0.3) is 5.91 Å². The monoisotopic (exact) mass is 369 g/mol. The van der Waals surface area contributed by atoms with E-state index >= 15 is 0 Å². The van der Waals surface area contributed by atoms with Crippen molar-refractivity contribution in [2.45, 2.75) is 20.0 Å². The topological polar surface area (TPSA) is 46.6 Å². The van der Waals surface area contributed by atoms with Gasteiger partial charge in [0.05, 0.1) is 0 Å². The molecule has 3 rings (SSSR count). The first kappa shape index (κ1) is 18.2. The van der Waals surface area contributed by atoms with Crippen LogP contribution in [-0.2, 0) is 14.3 Å². The molecule has 1 saturated heterocycles. The van der Waals surface area contributed by atoms with Crippen LogP contribution in [0.1, 0.15) is 19.4 Å². The van der Waals surface area contributed by atoms with Crippen molar-refractivity contribution in [3.63, 3.8) is 0 Å². The van der Waals surface area contributed by atoms with E-state index in [-0.39, 0.29) is 5.91 Å². The summed E-state index contributed by atoms with van der Waals surface area (Å²) in [4.78, 5) is 26.7. The summed E-state index contributed by atoms with van der Waals surface area (Å²) >= 11 is 5.84. The molecule has 0 aliphatic carbocycles. The van der Waals surface area contributed by atoms with E-state index in [0.29, 0.717) is 11.6 Å². The second kappa shape index (κ2) is 7.34. The predicted molar refractivity (Wildman–Crippen MR) is 103 cm³/mol. The zero-order valence-electron chi connectivity index (χ0n) is 14.7. The van der Waals surface area contributed by atoms with Gasteiger partial charge in [-0.2, -0.15) is 0 Å². The molecule has 1 atom stereocenters. The van der Waals surface area contributed by atoms with E-state index in [0.717, 1.165) is 11.3 Å². The highest BCUT2D eigenvalue weighted by Gasteiger charge is 2.49. The van der Waals surface area contributed by atoms with Gasteiger partial charge < -0.3 is 9.64 Å². The fourth-order valence-electron chi connectivity index (χ4n) is 2.97. The number of para-hydroxylation sites is 1. The molecule has 0 radical (unpaired) electrons. The first-order valence-corrected chi connectivity index (χ1v) is 8.75. The summed E-state index contributed by atoms with van der Waals surface area (Å²) in [6.07, 6.45) is 2.16. The van der Waals surface area contributed by atoms with Crippen LogP contribution in [0.3, 0.4) is 0 Å². The molecule has 4 nitrogen and oxygen atoms in total. The van der Waals surface area contributed by atoms with Crippen LogP contribution in [0.15, 0.2) is 60.7 Å². The van der Waals surface area contributed by atoms with Crippen molar-refractivity contribution in [1.82, 2.24) is 0 Å². The Hall–Kier alpha value is -2.59. The number of amides is 1. The second-order valence-corrected chi connectivity index (χ2v) is 7.39. The van der Waals surface area contributed by atoms with Crippen LogP contribution in [0.25, 0.3) is 6.08 Å². The van der Waals surface area contributed by atoms with Crippen LogP contribution < -0.4 is 4.90 Å². The molecule has 2 aromatic rings. The Kier molecular flexibility index (Phi) is 5.14. The Morgan fingerprint density at radius 3 is 2.46 bits per heavy atom. The maximum atomic E-state index is 12.8. The van der Waals surface area contributed by atoms with Crippen molar-refractivity contribution in [1.29, 1.82) is 0 Å². The molecule has 0 spiro atoms. The minimum absolute atomic E-state index is 0.200. The Labute approximate surface area is 158 Å². The minimum Gasteiger partial charge on any atom is -0.448 e. The van der Waals surface area contributed by atoms with E-state index in [1.165, 1.54) is 6.08 Å². The number of rotatable bonds is 4. The van der Waals surface area contributed by atoms with Gasteiger partial charge in [0.1, 0.15) is 0 Å². The van der Waals surface area contributed by atoms with Crippen LogP contribution in [0, 0.1) is 5.41 Å². The number of nitrogens with zero attached hydrogens (tertiary/aromatic N) is 1. The molecular formula is C21H20ClNO3.